The number of nitriles is 1. The van der Waals surface area contributed by atoms with Crippen molar-refractivity contribution in [1.29, 1.82) is 5.26 Å². The average molecular weight is 394 g/mol. The van der Waals surface area contributed by atoms with Crippen molar-refractivity contribution in [3.63, 3.8) is 0 Å². The third kappa shape index (κ3) is 4.11. The molecule has 1 fully saturated rings. The van der Waals surface area contributed by atoms with E-state index in [2.05, 4.69) is 4.98 Å². The molecule has 8 heteroatoms. The van der Waals surface area contributed by atoms with Gasteiger partial charge in [0.25, 0.3) is 0 Å². The van der Waals surface area contributed by atoms with Crippen molar-refractivity contribution in [1.82, 2.24) is 4.98 Å². The molecule has 3 rings (SSSR count). The molecule has 0 N–H and O–H groups in total. The predicted molar refractivity (Wildman–Crippen MR) is 108 cm³/mol. The molecule has 1 aliphatic heterocycles. The van der Waals surface area contributed by atoms with Crippen LogP contribution in [0.25, 0.3) is 0 Å². The molecule has 0 amide bonds. The Kier molecular flexibility index (Phi) is 5.65. The molecule has 1 aliphatic rings. The molecule has 1 saturated heterocycles. The number of rotatable bonds is 6. The van der Waals surface area contributed by atoms with Crippen LogP contribution in [0.1, 0.15) is 50.5 Å². The number of carbonyl (C=O) groups is 1. The predicted octanol–water partition coefficient (Wildman–Crippen LogP) is 3.26. The minimum atomic E-state index is -0.646. The Balaban J connectivity index is 1.86. The molecule has 0 radical (unpaired) electrons. The lowest BCUT2D eigenvalue weighted by molar-refractivity contribution is 0.00578. The standard InChI is InChI=1S/C21H23BN2O5/c1-6-26-18-10-19(24-12-15(18)11-23)27-16-7-8-17(14(9-16)13-25)22-28-20(2,3)21(4,5)29-22/h7-10,12-13H,6H2,1-5H3. The number of aromatic nitrogens is 1. The van der Waals surface area contributed by atoms with Crippen molar-refractivity contribution in [3.05, 3.63) is 41.6 Å². The molecule has 0 atom stereocenters. The first kappa shape index (κ1) is 20.8. The van der Waals surface area contributed by atoms with Gasteiger partial charge in [0, 0.05) is 11.6 Å². The molecule has 29 heavy (non-hydrogen) atoms. The lowest BCUT2D eigenvalue weighted by atomic mass is 9.76. The summed E-state index contributed by atoms with van der Waals surface area (Å²) in [7, 11) is -0.646. The zero-order chi connectivity index (χ0) is 21.2. The van der Waals surface area contributed by atoms with E-state index in [1.807, 2.05) is 40.7 Å². The van der Waals surface area contributed by atoms with Gasteiger partial charge < -0.3 is 18.8 Å². The Morgan fingerprint density at radius 3 is 2.48 bits per heavy atom. The van der Waals surface area contributed by atoms with E-state index in [1.54, 1.807) is 24.3 Å². The maximum atomic E-state index is 11.7. The van der Waals surface area contributed by atoms with Gasteiger partial charge in [-0.15, -0.1) is 0 Å². The molecular formula is C21H23BN2O5. The lowest BCUT2D eigenvalue weighted by Crippen LogP contribution is -2.41. The fraction of sp³-hybridized carbons (Fsp3) is 0.381. The molecule has 1 aromatic carbocycles. The number of aldehydes is 1. The molecule has 0 spiro atoms. The smallest absolute Gasteiger partial charge is 0.492 e. The highest BCUT2D eigenvalue weighted by Crippen LogP contribution is 2.37. The van der Waals surface area contributed by atoms with Crippen LogP contribution in [-0.4, -0.2) is 36.2 Å². The Hall–Kier alpha value is -2.89. The summed E-state index contributed by atoms with van der Waals surface area (Å²) in [6.07, 6.45) is 2.13. The normalized spacial score (nSPS) is 16.9. The molecule has 0 unspecified atom stereocenters. The summed E-state index contributed by atoms with van der Waals surface area (Å²) in [5, 5.41) is 9.13. The average Bonchev–Trinajstić information content (AvgIpc) is 2.89. The minimum absolute atomic E-state index is 0.257. The number of ether oxygens (including phenoxy) is 2. The van der Waals surface area contributed by atoms with E-state index >= 15 is 0 Å². The highest BCUT2D eigenvalue weighted by Gasteiger charge is 2.52. The topological polar surface area (TPSA) is 90.7 Å². The maximum Gasteiger partial charge on any atom is 0.495 e. The van der Waals surface area contributed by atoms with Crippen molar-refractivity contribution >= 4 is 18.9 Å². The molecule has 0 saturated carbocycles. The van der Waals surface area contributed by atoms with Crippen LogP contribution in [0.15, 0.2) is 30.5 Å². The van der Waals surface area contributed by atoms with Crippen LogP contribution in [0.2, 0.25) is 0 Å². The highest BCUT2D eigenvalue weighted by atomic mass is 16.7. The second-order valence-corrected chi connectivity index (χ2v) is 7.66. The highest BCUT2D eigenvalue weighted by molar-refractivity contribution is 6.63. The third-order valence-electron chi connectivity index (χ3n) is 5.18. The molecule has 2 heterocycles. The van der Waals surface area contributed by atoms with E-state index in [0.29, 0.717) is 34.7 Å². The molecule has 2 aromatic rings. The third-order valence-corrected chi connectivity index (χ3v) is 5.18. The second-order valence-electron chi connectivity index (χ2n) is 7.66. The van der Waals surface area contributed by atoms with Gasteiger partial charge in [-0.1, -0.05) is 6.07 Å². The van der Waals surface area contributed by atoms with Crippen LogP contribution in [0.3, 0.4) is 0 Å². The second kappa shape index (κ2) is 7.86. The van der Waals surface area contributed by atoms with E-state index in [9.17, 15) is 4.79 Å². The van der Waals surface area contributed by atoms with Crippen LogP contribution >= 0.6 is 0 Å². The van der Waals surface area contributed by atoms with E-state index in [4.69, 9.17) is 24.0 Å². The summed E-state index contributed by atoms with van der Waals surface area (Å²) in [6.45, 7) is 10.1. The zero-order valence-electron chi connectivity index (χ0n) is 17.2. The monoisotopic (exact) mass is 394 g/mol. The number of hydrogen-bond acceptors (Lipinski definition) is 7. The fourth-order valence-corrected chi connectivity index (χ4v) is 2.86. The zero-order valence-corrected chi connectivity index (χ0v) is 17.2. The number of pyridine rings is 1. The molecule has 7 nitrogen and oxygen atoms in total. The van der Waals surface area contributed by atoms with Gasteiger partial charge in [-0.3, -0.25) is 4.79 Å². The van der Waals surface area contributed by atoms with Crippen molar-refractivity contribution in [2.75, 3.05) is 6.61 Å². The van der Waals surface area contributed by atoms with Crippen LogP contribution in [-0.2, 0) is 9.31 Å². The minimum Gasteiger partial charge on any atom is -0.492 e. The van der Waals surface area contributed by atoms with Gasteiger partial charge in [0.05, 0.1) is 24.0 Å². The quantitative estimate of drug-likeness (QED) is 0.549. The van der Waals surface area contributed by atoms with Crippen molar-refractivity contribution in [2.24, 2.45) is 0 Å². The summed E-state index contributed by atoms with van der Waals surface area (Å²) in [5.41, 5.74) is 0.349. The molecule has 0 bridgehead atoms. The van der Waals surface area contributed by atoms with E-state index in [1.165, 1.54) is 6.20 Å². The number of hydrogen-bond donors (Lipinski definition) is 0. The van der Waals surface area contributed by atoms with Gasteiger partial charge in [0.15, 0.2) is 0 Å². The molecule has 150 valence electrons. The molecular weight excluding hydrogens is 371 g/mol. The summed E-state index contributed by atoms with van der Waals surface area (Å²) < 4.78 is 23.3. The van der Waals surface area contributed by atoms with Crippen LogP contribution < -0.4 is 14.9 Å². The van der Waals surface area contributed by atoms with Crippen LogP contribution in [0.5, 0.6) is 17.4 Å². The van der Waals surface area contributed by atoms with Crippen molar-refractivity contribution in [3.8, 4) is 23.4 Å². The van der Waals surface area contributed by atoms with Crippen LogP contribution in [0, 0.1) is 11.3 Å². The van der Waals surface area contributed by atoms with Gasteiger partial charge in [-0.25, -0.2) is 4.98 Å². The largest absolute Gasteiger partial charge is 0.495 e. The molecule has 1 aromatic heterocycles. The van der Waals surface area contributed by atoms with Crippen molar-refractivity contribution < 1.29 is 23.6 Å². The van der Waals surface area contributed by atoms with E-state index < -0.39 is 18.3 Å². The van der Waals surface area contributed by atoms with Crippen LogP contribution in [0.4, 0.5) is 0 Å². The van der Waals surface area contributed by atoms with E-state index in [-0.39, 0.29) is 5.88 Å². The lowest BCUT2D eigenvalue weighted by Gasteiger charge is -2.32. The van der Waals surface area contributed by atoms with Gasteiger partial charge in [0.1, 0.15) is 29.4 Å². The first-order valence-corrected chi connectivity index (χ1v) is 9.36. The van der Waals surface area contributed by atoms with Gasteiger partial charge in [-0.2, -0.15) is 5.26 Å². The Labute approximate surface area is 170 Å². The van der Waals surface area contributed by atoms with Gasteiger partial charge in [-0.05, 0) is 52.2 Å². The Bertz CT molecular complexity index is 952. The maximum absolute atomic E-state index is 11.7. The molecule has 0 aliphatic carbocycles. The first-order valence-electron chi connectivity index (χ1n) is 9.36. The van der Waals surface area contributed by atoms with Gasteiger partial charge in [0.2, 0.25) is 5.88 Å². The Morgan fingerprint density at radius 2 is 1.90 bits per heavy atom. The number of carbonyl (C=O) groups excluding carboxylic acids is 1. The fourth-order valence-electron chi connectivity index (χ4n) is 2.86. The Morgan fingerprint density at radius 1 is 1.21 bits per heavy atom. The SMILES string of the molecule is CCOc1cc(Oc2ccc(B3OC(C)(C)C(C)(C)O3)c(C=O)c2)ncc1C#N. The van der Waals surface area contributed by atoms with Gasteiger partial charge >= 0.3 is 7.12 Å². The van der Waals surface area contributed by atoms with E-state index in [0.717, 1.165) is 6.29 Å². The van der Waals surface area contributed by atoms with Crippen molar-refractivity contribution in [2.45, 2.75) is 45.8 Å². The number of benzene rings is 1. The number of nitrogens with zero attached hydrogens (tertiary/aromatic N) is 2. The summed E-state index contributed by atoms with van der Waals surface area (Å²) in [5.74, 6) is 1.07. The summed E-state index contributed by atoms with van der Waals surface area (Å²) >= 11 is 0. The summed E-state index contributed by atoms with van der Waals surface area (Å²) in [6, 6.07) is 8.64. The summed E-state index contributed by atoms with van der Waals surface area (Å²) in [4.78, 5) is 15.8. The first-order chi connectivity index (χ1) is 13.7.